The van der Waals surface area contributed by atoms with Gasteiger partial charge in [-0.05, 0) is 43.7 Å². The molecule has 0 saturated heterocycles. The van der Waals surface area contributed by atoms with Crippen LogP contribution in [0.2, 0.25) is 0 Å². The summed E-state index contributed by atoms with van der Waals surface area (Å²) in [6.45, 7) is 0.942. The molecule has 2 fully saturated rings. The molecular weight excluding hydrogens is 274 g/mol. The predicted octanol–water partition coefficient (Wildman–Crippen LogP) is 3.75. The molecule has 4 nitrogen and oxygen atoms in total. The number of aromatic nitrogens is 2. The molecule has 2 saturated carbocycles. The molecule has 0 atom stereocenters. The fourth-order valence-corrected chi connectivity index (χ4v) is 3.74. The van der Waals surface area contributed by atoms with Crippen molar-refractivity contribution in [3.8, 4) is 0 Å². The Bertz CT molecular complexity index is 668. The van der Waals surface area contributed by atoms with Crippen LogP contribution >= 0.6 is 0 Å². The number of carbonyl (C=O) groups is 1. The Morgan fingerprint density at radius 2 is 2.00 bits per heavy atom. The van der Waals surface area contributed by atoms with Crippen LogP contribution in [-0.2, 0) is 0 Å². The number of hydrogen-bond acceptors (Lipinski definition) is 2. The van der Waals surface area contributed by atoms with E-state index in [4.69, 9.17) is 0 Å². The van der Waals surface area contributed by atoms with Crippen LogP contribution in [-0.4, -0.2) is 33.6 Å². The Hall–Kier alpha value is -1.84. The van der Waals surface area contributed by atoms with Crippen LogP contribution in [0, 0.1) is 5.92 Å². The number of carbonyl (C=O) groups excluding carboxylic acids is 1. The predicted molar refractivity (Wildman–Crippen MR) is 86.7 cm³/mol. The molecule has 4 heteroatoms. The zero-order valence-electron chi connectivity index (χ0n) is 12.9. The van der Waals surface area contributed by atoms with Crippen LogP contribution in [0.25, 0.3) is 10.9 Å². The van der Waals surface area contributed by atoms with Crippen molar-refractivity contribution in [2.45, 2.75) is 51.0 Å². The Balaban J connectivity index is 1.59. The molecule has 0 bridgehead atoms. The summed E-state index contributed by atoms with van der Waals surface area (Å²) in [4.78, 5) is 15.2. The smallest absolute Gasteiger partial charge is 0.254 e. The molecule has 2 aromatic rings. The highest BCUT2D eigenvalue weighted by molar-refractivity contribution is 6.06. The van der Waals surface area contributed by atoms with E-state index in [1.165, 1.54) is 44.9 Å². The number of nitrogens with zero attached hydrogens (tertiary/aromatic N) is 2. The second kappa shape index (κ2) is 5.75. The van der Waals surface area contributed by atoms with Crippen LogP contribution in [0.15, 0.2) is 24.4 Å². The van der Waals surface area contributed by atoms with Gasteiger partial charge in [0.2, 0.25) is 0 Å². The number of fused-ring (bicyclic) bond motifs is 1. The van der Waals surface area contributed by atoms with Crippen molar-refractivity contribution in [3.63, 3.8) is 0 Å². The van der Waals surface area contributed by atoms with E-state index in [0.717, 1.165) is 23.0 Å². The van der Waals surface area contributed by atoms with Crippen LogP contribution in [0.4, 0.5) is 0 Å². The van der Waals surface area contributed by atoms with Crippen LogP contribution < -0.4 is 0 Å². The average Bonchev–Trinajstić information content (AvgIpc) is 3.28. The maximum absolute atomic E-state index is 13.1. The highest BCUT2D eigenvalue weighted by Crippen LogP contribution is 2.33. The lowest BCUT2D eigenvalue weighted by atomic mass is 9.88. The molecule has 1 aromatic heterocycles. The van der Waals surface area contributed by atoms with Crippen molar-refractivity contribution in [1.82, 2.24) is 15.1 Å². The maximum Gasteiger partial charge on any atom is 0.254 e. The molecular formula is C18H23N3O. The summed E-state index contributed by atoms with van der Waals surface area (Å²) in [7, 11) is 0. The molecule has 0 unspecified atom stereocenters. The SMILES string of the molecule is O=C(c1cccc2[nH]ncc12)N(CC1CCCCC1)C1CC1. The minimum atomic E-state index is 0.195. The molecule has 22 heavy (non-hydrogen) atoms. The molecule has 0 spiro atoms. The second-order valence-corrected chi connectivity index (χ2v) is 6.83. The van der Waals surface area contributed by atoms with Gasteiger partial charge in [-0.2, -0.15) is 5.10 Å². The minimum Gasteiger partial charge on any atom is -0.335 e. The minimum absolute atomic E-state index is 0.195. The van der Waals surface area contributed by atoms with Crippen LogP contribution in [0.3, 0.4) is 0 Å². The van der Waals surface area contributed by atoms with E-state index in [1.807, 2.05) is 18.2 Å². The zero-order valence-corrected chi connectivity index (χ0v) is 12.9. The Kier molecular flexibility index (Phi) is 3.60. The number of amides is 1. The van der Waals surface area contributed by atoms with Crippen LogP contribution in [0.5, 0.6) is 0 Å². The number of aromatic amines is 1. The Morgan fingerprint density at radius 3 is 2.77 bits per heavy atom. The summed E-state index contributed by atoms with van der Waals surface area (Å²) < 4.78 is 0. The van der Waals surface area contributed by atoms with Crippen molar-refractivity contribution in [2.75, 3.05) is 6.54 Å². The van der Waals surface area contributed by atoms with Gasteiger partial charge >= 0.3 is 0 Å². The van der Waals surface area contributed by atoms with E-state index in [-0.39, 0.29) is 5.91 Å². The van der Waals surface area contributed by atoms with Gasteiger partial charge < -0.3 is 4.90 Å². The van der Waals surface area contributed by atoms with Crippen molar-refractivity contribution < 1.29 is 4.79 Å². The second-order valence-electron chi connectivity index (χ2n) is 6.83. The fraction of sp³-hybridized carbons (Fsp3) is 0.556. The summed E-state index contributed by atoms with van der Waals surface area (Å²) in [5.74, 6) is 0.891. The quantitative estimate of drug-likeness (QED) is 0.934. The standard InChI is InChI=1S/C18H23N3O/c22-18(15-7-4-8-17-16(15)11-19-20-17)21(14-9-10-14)12-13-5-2-1-3-6-13/h4,7-8,11,13-14H,1-3,5-6,9-10,12H2,(H,19,20). The lowest BCUT2D eigenvalue weighted by molar-refractivity contribution is 0.0701. The summed E-state index contributed by atoms with van der Waals surface area (Å²) in [5.41, 5.74) is 1.74. The van der Waals surface area contributed by atoms with Gasteiger partial charge in [-0.15, -0.1) is 0 Å². The number of H-pyrrole nitrogens is 1. The topological polar surface area (TPSA) is 49.0 Å². The van der Waals surface area contributed by atoms with E-state index in [2.05, 4.69) is 15.1 Å². The lowest BCUT2D eigenvalue weighted by Gasteiger charge is -2.30. The van der Waals surface area contributed by atoms with Gasteiger partial charge in [0.05, 0.1) is 17.3 Å². The first-order valence-corrected chi connectivity index (χ1v) is 8.56. The monoisotopic (exact) mass is 297 g/mol. The van der Waals surface area contributed by atoms with Gasteiger partial charge in [0.25, 0.3) is 5.91 Å². The molecule has 4 rings (SSSR count). The molecule has 1 heterocycles. The number of benzene rings is 1. The van der Waals surface area contributed by atoms with Gasteiger partial charge in [-0.1, -0.05) is 25.3 Å². The number of hydrogen-bond donors (Lipinski definition) is 1. The van der Waals surface area contributed by atoms with Crippen molar-refractivity contribution in [3.05, 3.63) is 30.0 Å². The number of nitrogens with one attached hydrogen (secondary N) is 1. The first-order chi connectivity index (χ1) is 10.8. The highest BCUT2D eigenvalue weighted by atomic mass is 16.2. The molecule has 1 amide bonds. The third kappa shape index (κ3) is 2.62. The van der Waals surface area contributed by atoms with E-state index < -0.39 is 0 Å². The van der Waals surface area contributed by atoms with Gasteiger partial charge in [0.1, 0.15) is 0 Å². The Labute approximate surface area is 130 Å². The molecule has 0 aliphatic heterocycles. The summed E-state index contributed by atoms with van der Waals surface area (Å²) in [6, 6.07) is 6.33. The fourth-order valence-electron chi connectivity index (χ4n) is 3.74. The lowest BCUT2D eigenvalue weighted by Crippen LogP contribution is -2.37. The first kappa shape index (κ1) is 13.8. The van der Waals surface area contributed by atoms with Crippen LogP contribution in [0.1, 0.15) is 55.3 Å². The average molecular weight is 297 g/mol. The first-order valence-electron chi connectivity index (χ1n) is 8.56. The number of rotatable bonds is 4. The summed E-state index contributed by atoms with van der Waals surface area (Å²) >= 11 is 0. The highest BCUT2D eigenvalue weighted by Gasteiger charge is 2.35. The van der Waals surface area contributed by atoms with Crippen molar-refractivity contribution in [2.24, 2.45) is 5.92 Å². The maximum atomic E-state index is 13.1. The third-order valence-corrected chi connectivity index (χ3v) is 5.14. The molecule has 0 radical (unpaired) electrons. The van der Waals surface area contributed by atoms with E-state index in [0.29, 0.717) is 12.0 Å². The van der Waals surface area contributed by atoms with E-state index >= 15 is 0 Å². The summed E-state index contributed by atoms with van der Waals surface area (Å²) in [5, 5.41) is 7.99. The molecule has 116 valence electrons. The molecule has 1 aromatic carbocycles. The van der Waals surface area contributed by atoms with Gasteiger partial charge in [-0.25, -0.2) is 0 Å². The van der Waals surface area contributed by atoms with Gasteiger partial charge in [-0.3, -0.25) is 9.89 Å². The van der Waals surface area contributed by atoms with E-state index in [1.54, 1.807) is 6.20 Å². The largest absolute Gasteiger partial charge is 0.335 e. The normalized spacial score (nSPS) is 19.5. The van der Waals surface area contributed by atoms with Gasteiger partial charge in [0.15, 0.2) is 0 Å². The molecule has 2 aliphatic rings. The Morgan fingerprint density at radius 1 is 1.18 bits per heavy atom. The van der Waals surface area contributed by atoms with Crippen molar-refractivity contribution >= 4 is 16.8 Å². The van der Waals surface area contributed by atoms with Crippen molar-refractivity contribution in [1.29, 1.82) is 0 Å². The molecule has 2 aliphatic carbocycles. The van der Waals surface area contributed by atoms with E-state index in [9.17, 15) is 4.79 Å². The summed E-state index contributed by atoms with van der Waals surface area (Å²) in [6.07, 6.45) is 10.7. The zero-order chi connectivity index (χ0) is 14.9. The van der Waals surface area contributed by atoms with Gasteiger partial charge in [0, 0.05) is 18.0 Å². The molecule has 1 N–H and O–H groups in total. The third-order valence-electron chi connectivity index (χ3n) is 5.14.